The molecule has 0 aliphatic carbocycles. The lowest BCUT2D eigenvalue weighted by Gasteiger charge is -2.31. The fourth-order valence-electron chi connectivity index (χ4n) is 4.42. The molecule has 0 aromatic heterocycles. The van der Waals surface area contributed by atoms with Crippen molar-refractivity contribution in [3.63, 3.8) is 0 Å². The van der Waals surface area contributed by atoms with E-state index >= 15 is 0 Å². The molecule has 0 bridgehead atoms. The van der Waals surface area contributed by atoms with Crippen molar-refractivity contribution in [3.05, 3.63) is 69.7 Å². The molecule has 1 fully saturated rings. The summed E-state index contributed by atoms with van der Waals surface area (Å²) < 4.78 is 0. The number of hydrogen-bond donors (Lipinski definition) is 0. The normalized spacial score (nSPS) is 20.5. The molecule has 30 heavy (non-hydrogen) atoms. The third-order valence-corrected chi connectivity index (χ3v) is 6.71. The van der Waals surface area contributed by atoms with Gasteiger partial charge in [0.05, 0.1) is 18.3 Å². The Hall–Kier alpha value is -2.17. The highest BCUT2D eigenvalue weighted by molar-refractivity contribution is 6.31. The molecule has 2 aliphatic heterocycles. The fourth-order valence-corrected chi connectivity index (χ4v) is 4.68. The SMILES string of the molecule is Cc1ccc(C)c(C2=NN(C(=O)CN3CCC(C)CC3)[C@H](c3ccccc3Cl)C2)c1. The number of benzene rings is 2. The molecule has 0 unspecified atom stereocenters. The molecule has 4 nitrogen and oxygen atoms in total. The number of nitrogens with zero attached hydrogens (tertiary/aromatic N) is 3. The molecule has 0 radical (unpaired) electrons. The van der Waals surface area contributed by atoms with Crippen molar-refractivity contribution >= 4 is 23.2 Å². The standard InChI is InChI=1S/C25H30ClN3O/c1-17-10-12-28(13-11-17)16-25(30)29-24(20-6-4-5-7-22(20)26)15-23(27-29)21-14-18(2)8-9-19(21)3/h4-9,14,17,24H,10-13,15-16H2,1-3H3/t24-/m0/s1. The van der Waals surface area contributed by atoms with E-state index in [4.69, 9.17) is 16.7 Å². The van der Waals surface area contributed by atoms with Crippen LogP contribution in [0.4, 0.5) is 0 Å². The van der Waals surface area contributed by atoms with Gasteiger partial charge in [-0.3, -0.25) is 9.69 Å². The van der Waals surface area contributed by atoms with Crippen LogP contribution in [0.1, 0.15) is 54.5 Å². The topological polar surface area (TPSA) is 35.9 Å². The maximum absolute atomic E-state index is 13.4. The Labute approximate surface area is 184 Å². The van der Waals surface area contributed by atoms with Crippen molar-refractivity contribution in [2.75, 3.05) is 19.6 Å². The van der Waals surface area contributed by atoms with Crippen molar-refractivity contribution in [1.29, 1.82) is 0 Å². The second kappa shape index (κ2) is 8.91. The van der Waals surface area contributed by atoms with Crippen LogP contribution in [0, 0.1) is 19.8 Å². The Kier molecular flexibility index (Phi) is 6.26. The van der Waals surface area contributed by atoms with Crippen LogP contribution in [0.5, 0.6) is 0 Å². The average molecular weight is 424 g/mol. The minimum absolute atomic E-state index is 0.0507. The van der Waals surface area contributed by atoms with Crippen LogP contribution in [0.15, 0.2) is 47.6 Å². The Morgan fingerprint density at radius 2 is 1.87 bits per heavy atom. The highest BCUT2D eigenvalue weighted by Crippen LogP contribution is 2.37. The van der Waals surface area contributed by atoms with Crippen LogP contribution >= 0.6 is 11.6 Å². The van der Waals surface area contributed by atoms with E-state index in [1.807, 2.05) is 24.3 Å². The van der Waals surface area contributed by atoms with Gasteiger partial charge in [-0.1, -0.05) is 54.4 Å². The van der Waals surface area contributed by atoms with E-state index in [0.717, 1.165) is 48.7 Å². The van der Waals surface area contributed by atoms with E-state index in [1.165, 1.54) is 11.1 Å². The molecule has 2 aromatic rings. The lowest BCUT2D eigenvalue weighted by Crippen LogP contribution is -2.41. The maximum atomic E-state index is 13.4. The van der Waals surface area contributed by atoms with Gasteiger partial charge >= 0.3 is 0 Å². The van der Waals surface area contributed by atoms with Crippen LogP contribution in [0.3, 0.4) is 0 Å². The molecular formula is C25H30ClN3O. The first-order valence-electron chi connectivity index (χ1n) is 10.9. The molecule has 0 saturated carbocycles. The van der Waals surface area contributed by atoms with E-state index < -0.39 is 0 Å². The third-order valence-electron chi connectivity index (χ3n) is 6.37. The smallest absolute Gasteiger partial charge is 0.257 e. The van der Waals surface area contributed by atoms with Gasteiger partial charge in [-0.2, -0.15) is 5.10 Å². The first-order chi connectivity index (χ1) is 14.4. The summed E-state index contributed by atoms with van der Waals surface area (Å²) in [6.07, 6.45) is 2.98. The Morgan fingerprint density at radius 1 is 1.13 bits per heavy atom. The number of hydrogen-bond acceptors (Lipinski definition) is 3. The molecule has 2 aromatic carbocycles. The van der Waals surface area contributed by atoms with E-state index in [1.54, 1.807) is 5.01 Å². The fraction of sp³-hybridized carbons (Fsp3) is 0.440. The molecule has 2 heterocycles. The van der Waals surface area contributed by atoms with Crippen molar-refractivity contribution in [1.82, 2.24) is 9.91 Å². The molecule has 2 aliphatic rings. The molecule has 1 amide bonds. The van der Waals surface area contributed by atoms with Gasteiger partial charge < -0.3 is 0 Å². The molecule has 0 spiro atoms. The minimum atomic E-state index is -0.162. The number of piperidine rings is 1. The molecular weight excluding hydrogens is 394 g/mol. The molecule has 4 rings (SSSR count). The van der Waals surface area contributed by atoms with Gasteiger partial charge in [0.15, 0.2) is 0 Å². The first kappa shape index (κ1) is 21.1. The predicted molar refractivity (Wildman–Crippen MR) is 123 cm³/mol. The van der Waals surface area contributed by atoms with Crippen molar-refractivity contribution in [2.24, 2.45) is 11.0 Å². The summed E-state index contributed by atoms with van der Waals surface area (Å²) in [7, 11) is 0. The van der Waals surface area contributed by atoms with Gasteiger partial charge in [0.1, 0.15) is 0 Å². The minimum Gasteiger partial charge on any atom is -0.294 e. The summed E-state index contributed by atoms with van der Waals surface area (Å²) in [5.41, 5.74) is 5.41. The number of rotatable bonds is 4. The van der Waals surface area contributed by atoms with Crippen molar-refractivity contribution in [3.8, 4) is 0 Å². The summed E-state index contributed by atoms with van der Waals surface area (Å²) in [5, 5.41) is 7.23. The molecule has 158 valence electrons. The number of carbonyl (C=O) groups is 1. The monoisotopic (exact) mass is 423 g/mol. The van der Waals surface area contributed by atoms with Crippen LogP contribution in [-0.2, 0) is 4.79 Å². The molecule has 0 N–H and O–H groups in total. The maximum Gasteiger partial charge on any atom is 0.257 e. The second-order valence-corrected chi connectivity index (χ2v) is 9.21. The predicted octanol–water partition coefficient (Wildman–Crippen LogP) is 5.37. The summed E-state index contributed by atoms with van der Waals surface area (Å²) in [5.74, 6) is 0.794. The van der Waals surface area contributed by atoms with Crippen molar-refractivity contribution in [2.45, 2.75) is 46.1 Å². The highest BCUT2D eigenvalue weighted by Gasteiger charge is 2.35. The number of halogens is 1. The number of aryl methyl sites for hydroxylation is 2. The van der Waals surface area contributed by atoms with E-state index in [0.29, 0.717) is 18.0 Å². The van der Waals surface area contributed by atoms with E-state index in [-0.39, 0.29) is 11.9 Å². The molecule has 5 heteroatoms. The lowest BCUT2D eigenvalue weighted by molar-refractivity contribution is -0.134. The van der Waals surface area contributed by atoms with Crippen LogP contribution in [0.2, 0.25) is 5.02 Å². The molecule has 1 atom stereocenters. The first-order valence-corrected chi connectivity index (χ1v) is 11.2. The van der Waals surface area contributed by atoms with Crippen LogP contribution in [0.25, 0.3) is 0 Å². The number of amides is 1. The quantitative estimate of drug-likeness (QED) is 0.663. The number of carbonyl (C=O) groups excluding carboxylic acids is 1. The average Bonchev–Trinajstić information content (AvgIpc) is 3.17. The van der Waals surface area contributed by atoms with Crippen molar-refractivity contribution < 1.29 is 4.79 Å². The molecule has 1 saturated heterocycles. The lowest BCUT2D eigenvalue weighted by atomic mass is 9.95. The summed E-state index contributed by atoms with van der Waals surface area (Å²) >= 11 is 6.53. The van der Waals surface area contributed by atoms with Gasteiger partial charge in [0.25, 0.3) is 5.91 Å². The van der Waals surface area contributed by atoms with Gasteiger partial charge in [-0.25, -0.2) is 5.01 Å². The Morgan fingerprint density at radius 3 is 2.60 bits per heavy atom. The zero-order valence-electron chi connectivity index (χ0n) is 18.1. The number of hydrazone groups is 1. The summed E-state index contributed by atoms with van der Waals surface area (Å²) in [4.78, 5) is 15.6. The zero-order chi connectivity index (χ0) is 21.3. The number of likely N-dealkylation sites (tertiary alicyclic amines) is 1. The van der Waals surface area contributed by atoms with Gasteiger partial charge in [0.2, 0.25) is 0 Å². The second-order valence-electron chi connectivity index (χ2n) is 8.80. The van der Waals surface area contributed by atoms with E-state index in [9.17, 15) is 4.79 Å². The van der Waals surface area contributed by atoms with Gasteiger partial charge in [-0.15, -0.1) is 0 Å². The third kappa shape index (κ3) is 4.45. The largest absolute Gasteiger partial charge is 0.294 e. The summed E-state index contributed by atoms with van der Waals surface area (Å²) in [6, 6.07) is 14.0. The van der Waals surface area contributed by atoms with Crippen LogP contribution in [-0.4, -0.2) is 41.2 Å². The van der Waals surface area contributed by atoms with Gasteiger partial charge in [-0.05, 0) is 69.0 Å². The Balaban J connectivity index is 1.63. The van der Waals surface area contributed by atoms with Crippen LogP contribution < -0.4 is 0 Å². The van der Waals surface area contributed by atoms with Gasteiger partial charge in [0, 0.05) is 17.0 Å². The zero-order valence-corrected chi connectivity index (χ0v) is 18.8. The highest BCUT2D eigenvalue weighted by atomic mass is 35.5. The summed E-state index contributed by atoms with van der Waals surface area (Å²) in [6.45, 7) is 8.84. The Bertz CT molecular complexity index is 963. The van der Waals surface area contributed by atoms with E-state index in [2.05, 4.69) is 43.9 Å².